The summed E-state index contributed by atoms with van der Waals surface area (Å²) in [6.45, 7) is 1.65. The molecule has 10 heteroatoms. The molecule has 8 nitrogen and oxygen atoms in total. The van der Waals surface area contributed by atoms with Gasteiger partial charge in [-0.25, -0.2) is 0 Å². The topological polar surface area (TPSA) is 112 Å². The Hall–Kier alpha value is -2.26. The number of aromatic nitrogens is 3. The molecular weight excluding hydrogens is 342 g/mol. The van der Waals surface area contributed by atoms with Gasteiger partial charge in [-0.15, -0.1) is 5.10 Å². The maximum atomic E-state index is 12.3. The van der Waals surface area contributed by atoms with Crippen LogP contribution >= 0.6 is 23.4 Å². The maximum absolute atomic E-state index is 12.3. The Kier molecular flexibility index (Phi) is 5.45. The van der Waals surface area contributed by atoms with Gasteiger partial charge in [-0.2, -0.15) is 9.77 Å². The fourth-order valence-corrected chi connectivity index (χ4v) is 2.59. The number of ether oxygens (including phenoxy) is 1. The summed E-state index contributed by atoms with van der Waals surface area (Å²) >= 11 is 6.93. The van der Waals surface area contributed by atoms with Crippen LogP contribution in [0, 0.1) is 0 Å². The number of rotatable bonds is 5. The van der Waals surface area contributed by atoms with Crippen LogP contribution in [0.2, 0.25) is 5.02 Å². The largest absolute Gasteiger partial charge is 0.495 e. The molecular formula is C13H14ClN5O3S. The first kappa shape index (κ1) is 17.1. The lowest BCUT2D eigenvalue weighted by Crippen LogP contribution is -2.31. The van der Waals surface area contributed by atoms with E-state index in [-0.39, 0.29) is 11.1 Å². The predicted octanol–water partition coefficient (Wildman–Crippen LogP) is 1.13. The van der Waals surface area contributed by atoms with Crippen molar-refractivity contribution in [2.75, 3.05) is 18.3 Å². The number of anilines is 1. The Balaban J connectivity index is 2.13. The second-order valence-electron chi connectivity index (χ2n) is 4.43. The van der Waals surface area contributed by atoms with Crippen LogP contribution in [0.3, 0.4) is 0 Å². The van der Waals surface area contributed by atoms with Gasteiger partial charge in [0.1, 0.15) is 11.9 Å². The van der Waals surface area contributed by atoms with Gasteiger partial charge in [-0.1, -0.05) is 23.4 Å². The number of methoxy groups -OCH3 is 1. The summed E-state index contributed by atoms with van der Waals surface area (Å²) < 4.78 is 6.00. The number of nitrogens with one attached hydrogen (secondary N) is 1. The van der Waals surface area contributed by atoms with E-state index in [2.05, 4.69) is 15.5 Å². The molecule has 1 atom stereocenters. The van der Waals surface area contributed by atoms with Gasteiger partial charge >= 0.3 is 0 Å². The highest BCUT2D eigenvalue weighted by Crippen LogP contribution is 2.29. The Morgan fingerprint density at radius 2 is 2.26 bits per heavy atom. The highest BCUT2D eigenvalue weighted by Gasteiger charge is 2.19. The average Bonchev–Trinajstić information content (AvgIpc) is 2.52. The number of hydrogen-bond acceptors (Lipinski definition) is 7. The van der Waals surface area contributed by atoms with Gasteiger partial charge in [0.05, 0.1) is 18.0 Å². The van der Waals surface area contributed by atoms with Crippen LogP contribution in [0.4, 0.5) is 5.69 Å². The molecule has 1 amide bonds. The molecule has 1 heterocycles. The van der Waals surface area contributed by atoms with Crippen LogP contribution < -0.4 is 21.5 Å². The first-order valence-corrected chi connectivity index (χ1v) is 7.69. The number of hydrogen-bond donors (Lipinski definition) is 2. The number of benzene rings is 1. The molecule has 0 aliphatic carbocycles. The number of nitrogens with zero attached hydrogens (tertiary/aromatic N) is 3. The van der Waals surface area contributed by atoms with E-state index in [9.17, 15) is 9.59 Å². The predicted molar refractivity (Wildman–Crippen MR) is 88.4 cm³/mol. The minimum absolute atomic E-state index is 0.137. The summed E-state index contributed by atoms with van der Waals surface area (Å²) in [5.41, 5.74) is -0.0617. The van der Waals surface area contributed by atoms with E-state index < -0.39 is 10.8 Å². The zero-order chi connectivity index (χ0) is 17.0. The lowest BCUT2D eigenvalue weighted by molar-refractivity contribution is -0.115. The third kappa shape index (κ3) is 4.14. The molecule has 0 aliphatic heterocycles. The van der Waals surface area contributed by atoms with Crippen molar-refractivity contribution in [3.63, 3.8) is 0 Å². The second-order valence-corrected chi connectivity index (χ2v) is 6.17. The average molecular weight is 356 g/mol. The third-order valence-electron chi connectivity index (χ3n) is 2.83. The van der Waals surface area contributed by atoms with Crippen molar-refractivity contribution in [1.82, 2.24) is 14.9 Å². The van der Waals surface area contributed by atoms with Crippen molar-refractivity contribution in [2.45, 2.75) is 17.3 Å². The fourth-order valence-electron chi connectivity index (χ4n) is 1.64. The number of nitrogens with two attached hydrogens (primary N) is 1. The number of carbonyl (C=O) groups is 1. The van der Waals surface area contributed by atoms with E-state index in [0.717, 1.165) is 22.6 Å². The minimum Gasteiger partial charge on any atom is -0.495 e. The summed E-state index contributed by atoms with van der Waals surface area (Å²) in [7, 11) is 1.49. The molecule has 0 saturated heterocycles. The molecule has 23 heavy (non-hydrogen) atoms. The molecule has 0 saturated carbocycles. The van der Waals surface area contributed by atoms with E-state index in [1.54, 1.807) is 25.1 Å². The minimum atomic E-state index is -0.579. The van der Waals surface area contributed by atoms with Gasteiger partial charge in [0, 0.05) is 5.02 Å². The van der Waals surface area contributed by atoms with E-state index in [4.69, 9.17) is 22.2 Å². The van der Waals surface area contributed by atoms with Gasteiger partial charge in [0.2, 0.25) is 11.1 Å². The molecule has 3 N–H and O–H groups in total. The normalized spacial score (nSPS) is 11.8. The lowest BCUT2D eigenvalue weighted by Gasteiger charge is -2.14. The van der Waals surface area contributed by atoms with E-state index in [0.29, 0.717) is 16.5 Å². The van der Waals surface area contributed by atoms with Crippen molar-refractivity contribution in [1.29, 1.82) is 0 Å². The molecule has 0 bridgehead atoms. The highest BCUT2D eigenvalue weighted by atomic mass is 35.5. The summed E-state index contributed by atoms with van der Waals surface area (Å²) in [6.07, 6.45) is 0.992. The highest BCUT2D eigenvalue weighted by molar-refractivity contribution is 8.00. The Labute approximate surface area is 141 Å². The van der Waals surface area contributed by atoms with Crippen molar-refractivity contribution in [2.24, 2.45) is 0 Å². The SMILES string of the molecule is COc1ccc(Cl)cc1NC(=O)C(C)Sc1nncc(=O)n1N. The van der Waals surface area contributed by atoms with E-state index in [1.807, 2.05) is 0 Å². The van der Waals surface area contributed by atoms with Gasteiger partial charge < -0.3 is 15.9 Å². The Morgan fingerprint density at radius 1 is 1.52 bits per heavy atom. The number of nitrogen functional groups attached to an aromatic ring is 1. The van der Waals surface area contributed by atoms with Crippen LogP contribution in [-0.2, 0) is 4.79 Å². The van der Waals surface area contributed by atoms with Crippen molar-refractivity contribution in [3.8, 4) is 5.75 Å². The molecule has 0 aliphatic rings. The second kappa shape index (κ2) is 7.34. The molecule has 2 aromatic rings. The van der Waals surface area contributed by atoms with Gasteiger partial charge in [-0.3, -0.25) is 9.59 Å². The lowest BCUT2D eigenvalue weighted by atomic mass is 10.3. The number of amides is 1. The number of thioether (sulfide) groups is 1. The van der Waals surface area contributed by atoms with Crippen LogP contribution in [0.1, 0.15) is 6.92 Å². The number of halogens is 1. The van der Waals surface area contributed by atoms with Crippen LogP contribution in [-0.4, -0.2) is 33.1 Å². The molecule has 122 valence electrons. The van der Waals surface area contributed by atoms with Crippen molar-refractivity contribution < 1.29 is 9.53 Å². The molecule has 0 spiro atoms. The van der Waals surface area contributed by atoms with Crippen LogP contribution in [0.15, 0.2) is 34.3 Å². The fraction of sp³-hybridized carbons (Fsp3) is 0.231. The smallest absolute Gasteiger partial charge is 0.291 e. The molecule has 1 aromatic carbocycles. The van der Waals surface area contributed by atoms with Gasteiger partial charge in [0.15, 0.2) is 0 Å². The van der Waals surface area contributed by atoms with Crippen LogP contribution in [0.5, 0.6) is 5.75 Å². The van der Waals surface area contributed by atoms with Gasteiger partial charge in [-0.05, 0) is 25.1 Å². The Morgan fingerprint density at radius 3 is 2.96 bits per heavy atom. The third-order valence-corrected chi connectivity index (χ3v) is 4.12. The van der Waals surface area contributed by atoms with Crippen LogP contribution in [0.25, 0.3) is 0 Å². The monoisotopic (exact) mass is 355 g/mol. The molecule has 1 aromatic heterocycles. The standard InChI is InChI=1S/C13H14ClN5O3S/c1-7(23-13-18-16-6-11(20)19(13)15)12(21)17-9-5-8(14)3-4-10(9)22-2/h3-7H,15H2,1-2H3,(H,17,21). The Bertz CT molecular complexity index is 782. The summed E-state index contributed by atoms with van der Waals surface area (Å²) in [4.78, 5) is 23.7. The first-order chi connectivity index (χ1) is 10.9. The zero-order valence-electron chi connectivity index (χ0n) is 12.3. The van der Waals surface area contributed by atoms with E-state index >= 15 is 0 Å². The molecule has 1 unspecified atom stereocenters. The molecule has 0 radical (unpaired) electrons. The maximum Gasteiger partial charge on any atom is 0.291 e. The first-order valence-electron chi connectivity index (χ1n) is 6.43. The summed E-state index contributed by atoms with van der Waals surface area (Å²) in [6, 6.07) is 4.88. The zero-order valence-corrected chi connectivity index (χ0v) is 13.9. The summed E-state index contributed by atoms with van der Waals surface area (Å²) in [5, 5.41) is 10.0. The van der Waals surface area contributed by atoms with Crippen molar-refractivity contribution in [3.05, 3.63) is 39.8 Å². The molecule has 0 fully saturated rings. The van der Waals surface area contributed by atoms with Gasteiger partial charge in [0.25, 0.3) is 5.56 Å². The molecule has 2 rings (SSSR count). The summed E-state index contributed by atoms with van der Waals surface area (Å²) in [5.74, 6) is 5.72. The van der Waals surface area contributed by atoms with E-state index in [1.165, 1.54) is 7.11 Å². The van der Waals surface area contributed by atoms with Crippen molar-refractivity contribution >= 4 is 35.0 Å². The number of carbonyl (C=O) groups excluding carboxylic acids is 1. The quantitative estimate of drug-likeness (QED) is 0.610.